The lowest BCUT2D eigenvalue weighted by Gasteiger charge is -2.25. The average Bonchev–Trinajstić information content (AvgIpc) is 2.96. The minimum Gasteiger partial charge on any atom is -0.316 e. The third-order valence-corrected chi connectivity index (χ3v) is 4.28. The first-order valence-electron chi connectivity index (χ1n) is 6.97. The van der Waals surface area contributed by atoms with Gasteiger partial charge in [0.25, 0.3) is 0 Å². The molecule has 2 heterocycles. The van der Waals surface area contributed by atoms with Crippen LogP contribution in [0.3, 0.4) is 0 Å². The Labute approximate surface area is 100 Å². The largest absolute Gasteiger partial charge is 0.316 e. The molecule has 2 atom stereocenters. The second-order valence-electron chi connectivity index (χ2n) is 5.34. The van der Waals surface area contributed by atoms with Crippen LogP contribution >= 0.6 is 0 Å². The lowest BCUT2D eigenvalue weighted by Crippen LogP contribution is -2.40. The van der Waals surface area contributed by atoms with Crippen molar-refractivity contribution in [2.24, 2.45) is 0 Å². The van der Waals surface area contributed by atoms with Crippen molar-refractivity contribution < 1.29 is 0 Å². The SMILES string of the molecule is CCC(CN1CCC(N2CCCC2)C1)NC. The standard InChI is InChI=1S/C13H27N3/c1-3-12(14-2)10-15-9-6-13(11-15)16-7-4-5-8-16/h12-14H,3-11H2,1-2H3. The highest BCUT2D eigenvalue weighted by molar-refractivity contribution is 4.86. The van der Waals surface area contributed by atoms with Crippen LogP contribution in [0.5, 0.6) is 0 Å². The Balaban J connectivity index is 1.74. The summed E-state index contributed by atoms with van der Waals surface area (Å²) in [5.74, 6) is 0. The zero-order chi connectivity index (χ0) is 11.4. The lowest BCUT2D eigenvalue weighted by atomic mass is 10.2. The van der Waals surface area contributed by atoms with E-state index in [2.05, 4.69) is 29.1 Å². The highest BCUT2D eigenvalue weighted by Crippen LogP contribution is 2.20. The number of rotatable bonds is 5. The van der Waals surface area contributed by atoms with E-state index in [1.54, 1.807) is 0 Å². The van der Waals surface area contributed by atoms with Crippen molar-refractivity contribution in [3.8, 4) is 0 Å². The summed E-state index contributed by atoms with van der Waals surface area (Å²) in [6.07, 6.45) is 5.47. The Morgan fingerprint density at radius 1 is 1.25 bits per heavy atom. The van der Waals surface area contributed by atoms with Crippen LogP contribution in [-0.2, 0) is 0 Å². The second kappa shape index (κ2) is 5.99. The summed E-state index contributed by atoms with van der Waals surface area (Å²) in [4.78, 5) is 5.36. The van der Waals surface area contributed by atoms with Crippen LogP contribution in [0.25, 0.3) is 0 Å². The molecule has 1 N–H and O–H groups in total. The van der Waals surface area contributed by atoms with Gasteiger partial charge in [0.15, 0.2) is 0 Å². The number of hydrogen-bond donors (Lipinski definition) is 1. The van der Waals surface area contributed by atoms with E-state index in [0.717, 1.165) is 6.04 Å². The zero-order valence-electron chi connectivity index (χ0n) is 10.9. The van der Waals surface area contributed by atoms with E-state index in [0.29, 0.717) is 6.04 Å². The van der Waals surface area contributed by atoms with Gasteiger partial charge in [-0.15, -0.1) is 0 Å². The molecule has 0 saturated carbocycles. The van der Waals surface area contributed by atoms with Gasteiger partial charge in [-0.05, 0) is 52.4 Å². The van der Waals surface area contributed by atoms with Crippen LogP contribution in [0, 0.1) is 0 Å². The maximum Gasteiger partial charge on any atom is 0.0235 e. The Morgan fingerprint density at radius 2 is 2.00 bits per heavy atom. The molecule has 0 amide bonds. The molecular formula is C13H27N3. The van der Waals surface area contributed by atoms with Gasteiger partial charge in [-0.3, -0.25) is 4.90 Å². The van der Waals surface area contributed by atoms with Crippen LogP contribution in [0.1, 0.15) is 32.6 Å². The highest BCUT2D eigenvalue weighted by atomic mass is 15.3. The Kier molecular flexibility index (Phi) is 4.62. The summed E-state index contributed by atoms with van der Waals surface area (Å²) in [5.41, 5.74) is 0. The fourth-order valence-electron chi connectivity index (χ4n) is 3.12. The molecule has 16 heavy (non-hydrogen) atoms. The van der Waals surface area contributed by atoms with Gasteiger partial charge in [0, 0.05) is 25.2 Å². The van der Waals surface area contributed by atoms with Crippen molar-refractivity contribution in [2.45, 2.75) is 44.7 Å². The molecule has 0 aromatic carbocycles. The van der Waals surface area contributed by atoms with Gasteiger partial charge in [0.1, 0.15) is 0 Å². The molecule has 2 unspecified atom stereocenters. The average molecular weight is 225 g/mol. The molecule has 0 radical (unpaired) electrons. The molecule has 3 nitrogen and oxygen atoms in total. The number of hydrogen-bond acceptors (Lipinski definition) is 3. The van der Waals surface area contributed by atoms with Gasteiger partial charge >= 0.3 is 0 Å². The molecule has 2 saturated heterocycles. The smallest absolute Gasteiger partial charge is 0.0235 e. The maximum absolute atomic E-state index is 3.41. The van der Waals surface area contributed by atoms with Crippen LogP contribution in [0.15, 0.2) is 0 Å². The Morgan fingerprint density at radius 3 is 2.62 bits per heavy atom. The first kappa shape index (κ1) is 12.3. The van der Waals surface area contributed by atoms with Crippen LogP contribution < -0.4 is 5.32 Å². The topological polar surface area (TPSA) is 18.5 Å². The van der Waals surface area contributed by atoms with Crippen LogP contribution in [0.4, 0.5) is 0 Å². The van der Waals surface area contributed by atoms with Crippen molar-refractivity contribution in [2.75, 3.05) is 39.8 Å². The van der Waals surface area contributed by atoms with Crippen molar-refractivity contribution in [3.63, 3.8) is 0 Å². The highest BCUT2D eigenvalue weighted by Gasteiger charge is 2.29. The minimum absolute atomic E-state index is 0.678. The van der Waals surface area contributed by atoms with E-state index < -0.39 is 0 Å². The number of likely N-dealkylation sites (N-methyl/N-ethyl adjacent to an activating group) is 1. The number of nitrogens with one attached hydrogen (secondary N) is 1. The summed E-state index contributed by atoms with van der Waals surface area (Å²) < 4.78 is 0. The fraction of sp³-hybridized carbons (Fsp3) is 1.00. The molecule has 2 fully saturated rings. The monoisotopic (exact) mass is 225 g/mol. The van der Waals surface area contributed by atoms with Crippen LogP contribution in [-0.4, -0.2) is 61.7 Å². The molecule has 0 aliphatic carbocycles. The van der Waals surface area contributed by atoms with Gasteiger partial charge in [-0.25, -0.2) is 0 Å². The van der Waals surface area contributed by atoms with E-state index in [1.807, 2.05) is 0 Å². The van der Waals surface area contributed by atoms with Crippen molar-refractivity contribution in [3.05, 3.63) is 0 Å². The quantitative estimate of drug-likeness (QED) is 0.757. The van der Waals surface area contributed by atoms with Gasteiger partial charge < -0.3 is 10.2 Å². The maximum atomic E-state index is 3.41. The molecule has 3 heteroatoms. The third-order valence-electron chi connectivity index (χ3n) is 4.28. The van der Waals surface area contributed by atoms with E-state index >= 15 is 0 Å². The van der Waals surface area contributed by atoms with E-state index in [4.69, 9.17) is 0 Å². The molecule has 0 bridgehead atoms. The molecule has 0 spiro atoms. The van der Waals surface area contributed by atoms with Crippen LogP contribution in [0.2, 0.25) is 0 Å². The van der Waals surface area contributed by atoms with Gasteiger partial charge in [0.2, 0.25) is 0 Å². The number of nitrogens with zero attached hydrogens (tertiary/aromatic N) is 2. The molecule has 0 aromatic heterocycles. The van der Waals surface area contributed by atoms with E-state index in [1.165, 1.54) is 58.4 Å². The summed E-state index contributed by atoms with van der Waals surface area (Å²) in [6, 6.07) is 1.54. The molecule has 0 aromatic rings. The van der Waals surface area contributed by atoms with Gasteiger partial charge in [-0.1, -0.05) is 6.92 Å². The fourth-order valence-corrected chi connectivity index (χ4v) is 3.12. The summed E-state index contributed by atoms with van der Waals surface area (Å²) >= 11 is 0. The molecule has 2 aliphatic heterocycles. The van der Waals surface area contributed by atoms with Crippen molar-refractivity contribution >= 4 is 0 Å². The normalized spacial score (nSPS) is 30.0. The summed E-state index contributed by atoms with van der Waals surface area (Å²) in [6.45, 7) is 8.81. The first-order valence-corrected chi connectivity index (χ1v) is 6.97. The van der Waals surface area contributed by atoms with E-state index in [-0.39, 0.29) is 0 Å². The van der Waals surface area contributed by atoms with Crippen molar-refractivity contribution in [1.29, 1.82) is 0 Å². The van der Waals surface area contributed by atoms with E-state index in [9.17, 15) is 0 Å². The molecule has 94 valence electrons. The summed E-state index contributed by atoms with van der Waals surface area (Å²) in [5, 5.41) is 3.41. The molecule has 2 rings (SSSR count). The molecular weight excluding hydrogens is 198 g/mol. The lowest BCUT2D eigenvalue weighted by molar-refractivity contribution is 0.223. The third kappa shape index (κ3) is 2.96. The van der Waals surface area contributed by atoms with Gasteiger partial charge in [-0.2, -0.15) is 0 Å². The first-order chi connectivity index (χ1) is 7.83. The summed E-state index contributed by atoms with van der Waals surface area (Å²) in [7, 11) is 2.09. The second-order valence-corrected chi connectivity index (χ2v) is 5.34. The minimum atomic E-state index is 0.678. The Bertz CT molecular complexity index is 197. The van der Waals surface area contributed by atoms with Gasteiger partial charge in [0.05, 0.1) is 0 Å². The Hall–Kier alpha value is -0.120. The number of likely N-dealkylation sites (tertiary alicyclic amines) is 2. The predicted octanol–water partition coefficient (Wildman–Crippen LogP) is 1.15. The predicted molar refractivity (Wildman–Crippen MR) is 68.8 cm³/mol. The zero-order valence-corrected chi connectivity index (χ0v) is 10.9. The molecule has 2 aliphatic rings. The van der Waals surface area contributed by atoms with Crippen molar-refractivity contribution in [1.82, 2.24) is 15.1 Å².